The van der Waals surface area contributed by atoms with Crippen molar-refractivity contribution < 1.29 is 0 Å². The first-order chi connectivity index (χ1) is 58.6. The molecule has 0 atom stereocenters. The molecule has 0 bridgehead atoms. The Balaban J connectivity index is 0.000000144. The molecule has 18 aromatic carbocycles. The maximum Gasteiger partial charge on any atom is -0.00133 e. The van der Waals surface area contributed by atoms with Crippen LogP contribution in [0, 0.1) is 145 Å². The lowest BCUT2D eigenvalue weighted by molar-refractivity contribution is 1.24. The Morgan fingerprint density at radius 2 is 0.377 bits per heavy atom. The lowest BCUT2D eigenvalue weighted by atomic mass is 9.99. The molecule has 0 nitrogen and oxygen atoms in total. The van der Waals surface area contributed by atoms with Crippen molar-refractivity contribution in [1.29, 1.82) is 0 Å². The van der Waals surface area contributed by atoms with Crippen molar-refractivity contribution in [1.82, 2.24) is 0 Å². The van der Waals surface area contributed by atoms with Crippen molar-refractivity contribution in [3.05, 3.63) is 498 Å². The van der Waals surface area contributed by atoms with Crippen LogP contribution in [-0.4, -0.2) is 0 Å². The molecule has 0 aliphatic heterocycles. The van der Waals surface area contributed by atoms with Crippen LogP contribution in [0.25, 0.3) is 87.6 Å². The van der Waals surface area contributed by atoms with Crippen LogP contribution in [0.1, 0.15) is 128 Å². The number of rotatable bonds is 3. The highest BCUT2D eigenvalue weighted by atomic mass is 14.2. The quantitative estimate of drug-likeness (QED) is 0.165. The van der Waals surface area contributed by atoms with Crippen molar-refractivity contribution in [3.8, 4) is 44.5 Å². The van der Waals surface area contributed by atoms with Crippen LogP contribution in [0.2, 0.25) is 0 Å². The Morgan fingerprint density at radius 3 is 0.730 bits per heavy atom. The zero-order valence-corrected chi connectivity index (χ0v) is 76.4. The second kappa shape index (κ2) is 44.9. The summed E-state index contributed by atoms with van der Waals surface area (Å²) < 4.78 is 0. The molecular weight excluding hydrogens is 1470 g/mol. The molecule has 0 heterocycles. The summed E-state index contributed by atoms with van der Waals surface area (Å²) >= 11 is 0. The van der Waals surface area contributed by atoms with Crippen molar-refractivity contribution in [2.45, 2.75) is 152 Å². The molecule has 0 saturated carbocycles. The molecule has 0 N–H and O–H groups in total. The van der Waals surface area contributed by atoms with Gasteiger partial charge in [-0.15, -0.1) is 0 Å². The SMILES string of the molecule is Cc1ccc(-c2ccc(-c3ccc(C)cc3)cc2)cc1.Cc1ccc(-c2ccc(C)cc2)cc1.Cc1ccc(C)cc1.Cc1ccc2c(C)ccc(C)c2c1.Cc1ccc2c(C)cccc2c1.Cc1ccc2c(c1)Cc1cc(C)ccc1-2.Cc1ccc2cc(C)ccc2c1.Cc1ccc2ccc(C)cc2c1.Cc1cccc(C)c1.Cc1ccccc1C. The van der Waals surface area contributed by atoms with E-state index in [1.165, 1.54) is 216 Å². The van der Waals surface area contributed by atoms with Gasteiger partial charge in [0.1, 0.15) is 0 Å². The maximum absolute atomic E-state index is 2.31. The first-order valence-corrected chi connectivity index (χ1v) is 43.1. The number of hydrogen-bond acceptors (Lipinski definition) is 0. The first kappa shape index (κ1) is 91.3. The van der Waals surface area contributed by atoms with Crippen LogP contribution < -0.4 is 0 Å². The Kier molecular flexibility index (Phi) is 33.6. The summed E-state index contributed by atoms with van der Waals surface area (Å²) in [6.07, 6.45) is 1.11. The largest absolute Gasteiger partial charge is 0.0620 e. The van der Waals surface area contributed by atoms with E-state index in [1.807, 2.05) is 0 Å². The van der Waals surface area contributed by atoms with Gasteiger partial charge in [-0.25, -0.2) is 0 Å². The molecule has 122 heavy (non-hydrogen) atoms. The van der Waals surface area contributed by atoms with Crippen LogP contribution in [0.3, 0.4) is 0 Å². The molecule has 0 heteroatoms. The van der Waals surface area contributed by atoms with E-state index >= 15 is 0 Å². The summed E-state index contributed by atoms with van der Waals surface area (Å²) in [6.45, 7) is 44.7. The van der Waals surface area contributed by atoms with Gasteiger partial charge in [0, 0.05) is 0 Å². The van der Waals surface area contributed by atoms with Crippen LogP contribution >= 0.6 is 0 Å². The molecule has 1 aliphatic rings. The molecular formula is C122H126. The number of fused-ring (bicyclic) bond motifs is 7. The minimum atomic E-state index is 1.11. The van der Waals surface area contributed by atoms with E-state index in [2.05, 4.69) is 515 Å². The van der Waals surface area contributed by atoms with Crippen LogP contribution in [0.15, 0.2) is 370 Å². The van der Waals surface area contributed by atoms with Gasteiger partial charge in [0.25, 0.3) is 0 Å². The van der Waals surface area contributed by atoms with Gasteiger partial charge in [0.15, 0.2) is 0 Å². The number of benzene rings is 18. The zero-order valence-electron chi connectivity index (χ0n) is 76.4. The third-order valence-electron chi connectivity index (χ3n) is 22.3. The lowest BCUT2D eigenvalue weighted by Crippen LogP contribution is -1.83. The lowest BCUT2D eigenvalue weighted by Gasteiger charge is -2.06. The zero-order chi connectivity index (χ0) is 87.4. The Bertz CT molecular complexity index is 6080. The second-order valence-electron chi connectivity index (χ2n) is 33.7. The summed E-state index contributed by atoms with van der Waals surface area (Å²) in [7, 11) is 0. The Morgan fingerprint density at radius 1 is 0.131 bits per heavy atom. The van der Waals surface area contributed by atoms with Gasteiger partial charge in [0.2, 0.25) is 0 Å². The molecule has 19 rings (SSSR count). The molecule has 18 aromatic rings. The van der Waals surface area contributed by atoms with Crippen molar-refractivity contribution in [2.24, 2.45) is 0 Å². The van der Waals surface area contributed by atoms with Gasteiger partial charge in [-0.05, 0) is 278 Å². The third-order valence-corrected chi connectivity index (χ3v) is 22.3. The average Bonchev–Trinajstić information content (AvgIpc) is 1.18. The molecule has 0 fully saturated rings. The monoisotopic (exact) mass is 1590 g/mol. The third kappa shape index (κ3) is 28.1. The van der Waals surface area contributed by atoms with Crippen molar-refractivity contribution in [2.75, 3.05) is 0 Å². The maximum atomic E-state index is 2.31. The molecule has 0 unspecified atom stereocenters. The smallest absolute Gasteiger partial charge is 0.00133 e. The Hall–Kier alpha value is -13.0. The van der Waals surface area contributed by atoms with E-state index in [1.54, 1.807) is 0 Å². The van der Waals surface area contributed by atoms with Gasteiger partial charge in [0.05, 0.1) is 0 Å². The highest BCUT2D eigenvalue weighted by Gasteiger charge is 2.18. The molecule has 614 valence electrons. The molecule has 0 amide bonds. The van der Waals surface area contributed by atoms with Gasteiger partial charge >= 0.3 is 0 Å². The topological polar surface area (TPSA) is 0 Å². The van der Waals surface area contributed by atoms with E-state index in [0.717, 1.165) is 6.42 Å². The molecule has 0 radical (unpaired) electrons. The minimum absolute atomic E-state index is 1.11. The van der Waals surface area contributed by atoms with Gasteiger partial charge in [-0.1, -0.05) is 459 Å². The van der Waals surface area contributed by atoms with Crippen molar-refractivity contribution in [3.63, 3.8) is 0 Å². The standard InChI is InChI=1S/C20H18.C15H14.C14H14.C13H14.3C12H12.3C8H10/c1-15-3-7-17(8-4-15)19-11-13-20(14-12-19)18-9-5-16(2)6-10-18;1-10-3-5-14-12(7-10)9-13-8-11(2)4-6-15(13)14;1-11-3-7-13(8-4-11)14-9-5-12(2)6-10-14;1-9-4-7-12-10(2)5-6-11(3)13(12)8-9;1-9-3-5-12-8-10(2)4-6-11(12)7-9;1-9-3-5-11-6-4-10(2)8-12(11)7-9;1-9-6-7-12-10(2)4-3-5-11(12)8-9;1-7-3-5-8(2)6-4-7;1-7-4-3-5-8(2)6-7;1-7-5-3-4-6-8(7)2/h3-14H,1-2H3;3-8H,9H2,1-2H3;3-10H,1-2H3;4-8H,1-3H3;3*3-8H,1-2H3;3*3-6H,1-2H3. The highest BCUT2D eigenvalue weighted by Crippen LogP contribution is 2.38. The minimum Gasteiger partial charge on any atom is -0.0620 e. The normalized spacial score (nSPS) is 10.5. The fourth-order valence-electron chi connectivity index (χ4n) is 14.7. The number of hydrogen-bond donors (Lipinski definition) is 0. The average molecular weight is 1590 g/mol. The summed E-state index contributed by atoms with van der Waals surface area (Å²) in [5.41, 5.74) is 41.5. The van der Waals surface area contributed by atoms with Gasteiger partial charge in [-0.3, -0.25) is 0 Å². The van der Waals surface area contributed by atoms with Crippen LogP contribution in [0.4, 0.5) is 0 Å². The van der Waals surface area contributed by atoms with Gasteiger partial charge in [-0.2, -0.15) is 0 Å². The van der Waals surface area contributed by atoms with E-state index in [9.17, 15) is 0 Å². The summed E-state index contributed by atoms with van der Waals surface area (Å²) in [6, 6.07) is 132. The predicted molar refractivity (Wildman–Crippen MR) is 538 cm³/mol. The molecule has 0 spiro atoms. The fourth-order valence-corrected chi connectivity index (χ4v) is 14.7. The summed E-state index contributed by atoms with van der Waals surface area (Å²) in [4.78, 5) is 0. The first-order valence-electron chi connectivity index (χ1n) is 43.1. The summed E-state index contributed by atoms with van der Waals surface area (Å²) in [5.74, 6) is 0. The highest BCUT2D eigenvalue weighted by molar-refractivity contribution is 5.90. The van der Waals surface area contributed by atoms with E-state index in [-0.39, 0.29) is 0 Å². The van der Waals surface area contributed by atoms with Crippen LogP contribution in [0.5, 0.6) is 0 Å². The predicted octanol–water partition coefficient (Wildman–Crippen LogP) is 34.5. The molecule has 0 aromatic heterocycles. The summed E-state index contributed by atoms with van der Waals surface area (Å²) in [5, 5.41) is 10.8. The van der Waals surface area contributed by atoms with E-state index in [0.29, 0.717) is 0 Å². The van der Waals surface area contributed by atoms with Crippen LogP contribution in [-0.2, 0) is 6.42 Å². The van der Waals surface area contributed by atoms with E-state index in [4.69, 9.17) is 0 Å². The molecule has 0 saturated heterocycles. The number of aryl methyl sites for hydroxylation is 21. The van der Waals surface area contributed by atoms with Gasteiger partial charge < -0.3 is 0 Å². The Labute approximate surface area is 732 Å². The molecule has 1 aliphatic carbocycles. The fraction of sp³-hybridized carbons (Fsp3) is 0.180. The van der Waals surface area contributed by atoms with Crippen molar-refractivity contribution >= 4 is 43.1 Å². The van der Waals surface area contributed by atoms with E-state index < -0.39 is 0 Å². The second-order valence-corrected chi connectivity index (χ2v) is 33.7.